The fourth-order valence-electron chi connectivity index (χ4n) is 6.04. The van der Waals surface area contributed by atoms with Gasteiger partial charge in [-0.15, -0.1) is 0 Å². The standard InChI is InChI=1S/C36H31BN2O2/c1-35(2,40)36(3,4)41-37-29-17-16-28-32-26(29)14-7-15-27(32)33-30(22-10-8-18-38-20-22)24-12-5-6-13-25(24)31(34(28)33)23-11-9-19-39-21-23/h5-21,37,40H,1-4H3. The van der Waals surface area contributed by atoms with Crippen LogP contribution in [0.3, 0.4) is 0 Å². The van der Waals surface area contributed by atoms with Crippen LogP contribution in [-0.2, 0) is 4.65 Å². The van der Waals surface area contributed by atoms with Gasteiger partial charge in [-0.1, -0.05) is 66.7 Å². The molecule has 0 radical (unpaired) electrons. The summed E-state index contributed by atoms with van der Waals surface area (Å²) in [5.74, 6) is 0. The van der Waals surface area contributed by atoms with Crippen LogP contribution in [0.1, 0.15) is 27.7 Å². The van der Waals surface area contributed by atoms with Gasteiger partial charge in [-0.2, -0.15) is 0 Å². The Morgan fingerprint density at radius 2 is 1.17 bits per heavy atom. The molecule has 0 amide bonds. The summed E-state index contributed by atoms with van der Waals surface area (Å²) in [5.41, 5.74) is 8.88. The topological polar surface area (TPSA) is 55.2 Å². The van der Waals surface area contributed by atoms with Gasteiger partial charge in [-0.05, 0) is 100 Å². The molecule has 7 rings (SSSR count). The first-order valence-corrected chi connectivity index (χ1v) is 14.1. The Balaban J connectivity index is 1.56. The predicted octanol–water partition coefficient (Wildman–Crippen LogP) is 7.31. The zero-order chi connectivity index (χ0) is 28.4. The molecule has 2 heterocycles. The van der Waals surface area contributed by atoms with Crippen molar-refractivity contribution < 1.29 is 9.76 Å². The first-order chi connectivity index (χ1) is 19.8. The van der Waals surface area contributed by atoms with E-state index in [1.54, 1.807) is 13.8 Å². The van der Waals surface area contributed by atoms with Crippen molar-refractivity contribution in [3.63, 3.8) is 0 Å². The van der Waals surface area contributed by atoms with Crippen LogP contribution in [0.15, 0.2) is 104 Å². The Morgan fingerprint density at radius 3 is 1.71 bits per heavy atom. The number of hydrogen-bond donors (Lipinski definition) is 1. The summed E-state index contributed by atoms with van der Waals surface area (Å²) in [4.78, 5) is 9.01. The second kappa shape index (κ2) is 9.37. The van der Waals surface area contributed by atoms with E-state index >= 15 is 0 Å². The summed E-state index contributed by atoms with van der Waals surface area (Å²) < 4.78 is 6.35. The molecule has 4 nitrogen and oxygen atoms in total. The third-order valence-corrected chi connectivity index (χ3v) is 8.85. The van der Waals surface area contributed by atoms with Gasteiger partial charge in [0, 0.05) is 35.9 Å². The molecule has 1 aliphatic carbocycles. The molecule has 0 unspecified atom stereocenters. The van der Waals surface area contributed by atoms with Crippen LogP contribution in [0, 0.1) is 0 Å². The van der Waals surface area contributed by atoms with E-state index in [4.69, 9.17) is 4.65 Å². The molecule has 0 aliphatic heterocycles. The highest BCUT2D eigenvalue weighted by atomic mass is 16.5. The predicted molar refractivity (Wildman–Crippen MR) is 171 cm³/mol. The number of aromatic nitrogens is 2. The van der Waals surface area contributed by atoms with Crippen molar-refractivity contribution >= 4 is 34.5 Å². The molecule has 5 heteroatoms. The van der Waals surface area contributed by atoms with Crippen LogP contribution in [0.2, 0.25) is 0 Å². The molecule has 1 aliphatic rings. The number of hydrogen-bond acceptors (Lipinski definition) is 4. The van der Waals surface area contributed by atoms with E-state index in [2.05, 4.69) is 76.7 Å². The average Bonchev–Trinajstić information content (AvgIpc) is 3.31. The molecule has 0 fully saturated rings. The van der Waals surface area contributed by atoms with Crippen molar-refractivity contribution in [3.8, 4) is 44.5 Å². The number of pyridine rings is 2. The van der Waals surface area contributed by atoms with Crippen molar-refractivity contribution in [1.29, 1.82) is 0 Å². The second-order valence-corrected chi connectivity index (χ2v) is 11.9. The van der Waals surface area contributed by atoms with Crippen LogP contribution in [0.5, 0.6) is 0 Å². The summed E-state index contributed by atoms with van der Waals surface area (Å²) >= 11 is 0. The van der Waals surface area contributed by atoms with E-state index in [0.717, 1.165) is 16.6 Å². The van der Waals surface area contributed by atoms with Crippen LogP contribution in [-0.4, -0.2) is 33.8 Å². The largest absolute Gasteiger partial charge is 0.427 e. The van der Waals surface area contributed by atoms with E-state index in [-0.39, 0.29) is 0 Å². The van der Waals surface area contributed by atoms with Crippen molar-refractivity contribution in [2.45, 2.75) is 38.9 Å². The molecule has 4 aromatic carbocycles. The summed E-state index contributed by atoms with van der Waals surface area (Å²) in [6, 6.07) is 28.0. The molecule has 200 valence electrons. The monoisotopic (exact) mass is 534 g/mol. The summed E-state index contributed by atoms with van der Waals surface area (Å²) in [5, 5.41) is 15.5. The van der Waals surface area contributed by atoms with Gasteiger partial charge in [0.15, 0.2) is 0 Å². The van der Waals surface area contributed by atoms with Crippen molar-refractivity contribution in [2.24, 2.45) is 0 Å². The van der Waals surface area contributed by atoms with Gasteiger partial charge in [0.05, 0.1) is 11.2 Å². The molecular weight excluding hydrogens is 503 g/mol. The highest BCUT2D eigenvalue weighted by Gasteiger charge is 2.36. The van der Waals surface area contributed by atoms with Crippen molar-refractivity contribution in [1.82, 2.24) is 9.97 Å². The lowest BCUT2D eigenvalue weighted by molar-refractivity contribution is -0.0893. The van der Waals surface area contributed by atoms with Gasteiger partial charge in [-0.25, -0.2) is 0 Å². The molecule has 0 bridgehead atoms. The molecular formula is C36H31BN2O2. The fraction of sp³-hybridized carbons (Fsp3) is 0.167. The summed E-state index contributed by atoms with van der Waals surface area (Å²) in [7, 11) is 0.403. The first kappa shape index (κ1) is 25.6. The van der Waals surface area contributed by atoms with Gasteiger partial charge in [0.1, 0.15) is 0 Å². The third kappa shape index (κ3) is 3.99. The Labute approximate surface area is 241 Å². The van der Waals surface area contributed by atoms with E-state index < -0.39 is 11.2 Å². The van der Waals surface area contributed by atoms with Crippen molar-refractivity contribution in [3.05, 3.63) is 104 Å². The quantitative estimate of drug-likeness (QED) is 0.228. The summed E-state index contributed by atoms with van der Waals surface area (Å²) in [6.07, 6.45) is 7.58. The van der Waals surface area contributed by atoms with Gasteiger partial charge in [0.2, 0.25) is 0 Å². The van der Waals surface area contributed by atoms with Gasteiger partial charge in [-0.3, -0.25) is 9.97 Å². The normalized spacial score (nSPS) is 12.6. The molecule has 0 saturated heterocycles. The lowest BCUT2D eigenvalue weighted by atomic mass is 9.79. The second-order valence-electron chi connectivity index (χ2n) is 11.9. The van der Waals surface area contributed by atoms with Gasteiger partial charge < -0.3 is 9.76 Å². The third-order valence-electron chi connectivity index (χ3n) is 8.85. The Bertz CT molecular complexity index is 1850. The highest BCUT2D eigenvalue weighted by molar-refractivity contribution is 6.52. The van der Waals surface area contributed by atoms with E-state index in [9.17, 15) is 5.11 Å². The number of nitrogens with zero attached hydrogens (tertiary/aromatic N) is 2. The number of benzene rings is 4. The molecule has 41 heavy (non-hydrogen) atoms. The number of rotatable bonds is 6. The van der Waals surface area contributed by atoms with Crippen LogP contribution in [0.25, 0.3) is 66.1 Å². The molecule has 2 aromatic heterocycles. The van der Waals surface area contributed by atoms with E-state index in [1.165, 1.54) is 54.9 Å². The zero-order valence-electron chi connectivity index (χ0n) is 23.8. The lowest BCUT2D eigenvalue weighted by Crippen LogP contribution is -2.49. The Morgan fingerprint density at radius 1 is 0.610 bits per heavy atom. The van der Waals surface area contributed by atoms with E-state index in [0.29, 0.717) is 7.48 Å². The smallest absolute Gasteiger partial charge is 0.310 e. The van der Waals surface area contributed by atoms with Crippen molar-refractivity contribution in [2.75, 3.05) is 0 Å². The van der Waals surface area contributed by atoms with E-state index in [1.807, 2.05) is 50.8 Å². The fourth-order valence-corrected chi connectivity index (χ4v) is 6.04. The molecule has 0 atom stereocenters. The number of aliphatic hydroxyl groups is 1. The Kier molecular flexibility index (Phi) is 5.86. The minimum atomic E-state index is -0.977. The minimum Gasteiger partial charge on any atom is -0.427 e. The zero-order valence-corrected chi connectivity index (χ0v) is 23.8. The summed E-state index contributed by atoms with van der Waals surface area (Å²) in [6.45, 7) is 7.47. The van der Waals surface area contributed by atoms with Gasteiger partial charge in [0.25, 0.3) is 0 Å². The highest BCUT2D eigenvalue weighted by Crippen LogP contribution is 2.57. The SMILES string of the molecule is CC(C)(O)C(C)(C)OBc1ccc2c3c(cccc13)-c1c-2c(-c2cccnc2)c2ccccc2c1-c1cccnc1. The average molecular weight is 534 g/mol. The van der Waals surface area contributed by atoms with Crippen LogP contribution >= 0.6 is 0 Å². The Hall–Kier alpha value is -4.32. The van der Waals surface area contributed by atoms with Crippen LogP contribution in [0.4, 0.5) is 0 Å². The maximum absolute atomic E-state index is 10.7. The maximum atomic E-state index is 10.7. The molecule has 1 N–H and O–H groups in total. The van der Waals surface area contributed by atoms with Crippen LogP contribution < -0.4 is 5.46 Å². The minimum absolute atomic E-state index is 0.403. The maximum Gasteiger partial charge on any atom is 0.310 e. The lowest BCUT2D eigenvalue weighted by Gasteiger charge is -2.37. The molecule has 6 aromatic rings. The first-order valence-electron chi connectivity index (χ1n) is 14.1. The molecule has 0 spiro atoms. The molecule has 0 saturated carbocycles. The number of fused-ring (bicyclic) bond motifs is 4. The van der Waals surface area contributed by atoms with Gasteiger partial charge >= 0.3 is 7.48 Å².